The van der Waals surface area contributed by atoms with Crippen LogP contribution < -0.4 is 5.32 Å². The number of benzene rings is 1. The van der Waals surface area contributed by atoms with Crippen molar-refractivity contribution in [3.8, 4) is 0 Å². The maximum Gasteiger partial charge on any atom is 0.256 e. The average Bonchev–Trinajstić information content (AvgIpc) is 2.87. The normalized spacial score (nSPS) is 21.0. The molecule has 1 aliphatic rings. The van der Waals surface area contributed by atoms with Crippen LogP contribution in [0.15, 0.2) is 30.3 Å². The minimum absolute atomic E-state index is 0.181. The number of amides is 1. The van der Waals surface area contributed by atoms with Gasteiger partial charge >= 0.3 is 0 Å². The lowest BCUT2D eigenvalue weighted by Crippen LogP contribution is -2.34. The van der Waals surface area contributed by atoms with Gasteiger partial charge in [-0.1, -0.05) is 30.3 Å². The van der Waals surface area contributed by atoms with Crippen molar-refractivity contribution in [3.05, 3.63) is 35.9 Å². The highest BCUT2D eigenvalue weighted by Gasteiger charge is 2.30. The largest absolute Gasteiger partial charge is 0.378 e. The van der Waals surface area contributed by atoms with E-state index in [1.807, 2.05) is 25.2 Å². The maximum atomic E-state index is 12.2. The Morgan fingerprint density at radius 3 is 2.89 bits per heavy atom. The van der Waals surface area contributed by atoms with E-state index in [4.69, 9.17) is 0 Å². The number of hydrogen-bond acceptors (Lipinski definition) is 3. The van der Waals surface area contributed by atoms with Crippen molar-refractivity contribution >= 4 is 5.91 Å². The molecule has 2 atom stereocenters. The zero-order valence-electron chi connectivity index (χ0n) is 10.7. The van der Waals surface area contributed by atoms with Crippen LogP contribution in [-0.4, -0.2) is 42.6 Å². The molecule has 1 aliphatic heterocycles. The monoisotopic (exact) mass is 248 g/mol. The van der Waals surface area contributed by atoms with Crippen LogP contribution >= 0.6 is 0 Å². The van der Waals surface area contributed by atoms with Gasteiger partial charge in [-0.2, -0.15) is 0 Å². The van der Waals surface area contributed by atoms with Crippen LogP contribution in [0.25, 0.3) is 0 Å². The molecule has 0 radical (unpaired) electrons. The third-order valence-electron chi connectivity index (χ3n) is 3.44. The van der Waals surface area contributed by atoms with Crippen molar-refractivity contribution < 1.29 is 9.90 Å². The summed E-state index contributed by atoms with van der Waals surface area (Å²) in [6.45, 7) is 2.41. The predicted octanol–water partition coefficient (Wildman–Crippen LogP) is 0.788. The number of rotatable bonds is 4. The van der Waals surface area contributed by atoms with Gasteiger partial charge in [-0.05, 0) is 31.5 Å². The highest BCUT2D eigenvalue weighted by atomic mass is 16.3. The zero-order valence-corrected chi connectivity index (χ0v) is 10.7. The van der Waals surface area contributed by atoms with Gasteiger partial charge in [-0.25, -0.2) is 0 Å². The molecule has 1 saturated heterocycles. The van der Waals surface area contributed by atoms with Gasteiger partial charge < -0.3 is 15.3 Å². The number of carbonyl (C=O) groups is 1. The molecule has 18 heavy (non-hydrogen) atoms. The lowest BCUT2D eigenvalue weighted by molar-refractivity contribution is -0.139. The molecule has 4 nitrogen and oxygen atoms in total. The van der Waals surface area contributed by atoms with E-state index in [-0.39, 0.29) is 5.91 Å². The molecule has 0 aromatic heterocycles. The first kappa shape index (κ1) is 13.1. The molecular weight excluding hydrogens is 228 g/mol. The first-order valence-corrected chi connectivity index (χ1v) is 6.38. The van der Waals surface area contributed by atoms with E-state index >= 15 is 0 Å². The van der Waals surface area contributed by atoms with E-state index in [0.29, 0.717) is 11.5 Å². The molecular formula is C14H20N2O2. The molecule has 1 amide bonds. The second-order valence-electron chi connectivity index (χ2n) is 4.81. The fraction of sp³-hybridized carbons (Fsp3) is 0.500. The molecule has 2 rings (SSSR count). The number of aliphatic hydroxyl groups excluding tert-OH is 1. The fourth-order valence-electron chi connectivity index (χ4n) is 2.44. The second kappa shape index (κ2) is 5.98. The van der Waals surface area contributed by atoms with Crippen LogP contribution in [-0.2, 0) is 4.79 Å². The summed E-state index contributed by atoms with van der Waals surface area (Å²) in [7, 11) is 1.92. The van der Waals surface area contributed by atoms with Gasteiger partial charge in [0.15, 0.2) is 6.10 Å². The molecule has 1 aromatic rings. The SMILES string of the molecule is CNCC1CCN(C(=O)C(O)c2ccccc2)C1. The number of likely N-dealkylation sites (tertiary alicyclic amines) is 1. The first-order chi connectivity index (χ1) is 8.72. The van der Waals surface area contributed by atoms with Gasteiger partial charge in [0.1, 0.15) is 0 Å². The van der Waals surface area contributed by atoms with Crippen LogP contribution in [0.2, 0.25) is 0 Å². The summed E-state index contributed by atoms with van der Waals surface area (Å²) in [6, 6.07) is 9.10. The molecule has 1 fully saturated rings. The zero-order chi connectivity index (χ0) is 13.0. The molecule has 4 heteroatoms. The number of nitrogens with zero attached hydrogens (tertiary/aromatic N) is 1. The molecule has 0 bridgehead atoms. The van der Waals surface area contributed by atoms with Crippen LogP contribution in [0, 0.1) is 5.92 Å². The summed E-state index contributed by atoms with van der Waals surface area (Å²) in [4.78, 5) is 13.9. The van der Waals surface area contributed by atoms with Gasteiger partial charge in [0, 0.05) is 13.1 Å². The molecule has 0 saturated carbocycles. The molecule has 0 spiro atoms. The Bertz CT molecular complexity index is 394. The molecule has 2 unspecified atom stereocenters. The van der Waals surface area contributed by atoms with Crippen molar-refractivity contribution in [3.63, 3.8) is 0 Å². The van der Waals surface area contributed by atoms with E-state index in [1.54, 1.807) is 17.0 Å². The van der Waals surface area contributed by atoms with Gasteiger partial charge in [0.25, 0.3) is 5.91 Å². The Hall–Kier alpha value is -1.39. The minimum Gasteiger partial charge on any atom is -0.378 e. The van der Waals surface area contributed by atoms with Crippen molar-refractivity contribution in [1.82, 2.24) is 10.2 Å². The predicted molar refractivity (Wildman–Crippen MR) is 70.0 cm³/mol. The van der Waals surface area contributed by atoms with E-state index < -0.39 is 6.10 Å². The third-order valence-corrected chi connectivity index (χ3v) is 3.44. The standard InChI is InChI=1S/C14H20N2O2/c1-15-9-11-7-8-16(10-11)14(18)13(17)12-5-3-2-4-6-12/h2-6,11,13,15,17H,7-10H2,1H3. The summed E-state index contributed by atoms with van der Waals surface area (Å²) < 4.78 is 0. The lowest BCUT2D eigenvalue weighted by atomic mass is 10.1. The minimum atomic E-state index is -1.03. The smallest absolute Gasteiger partial charge is 0.256 e. The Morgan fingerprint density at radius 2 is 2.22 bits per heavy atom. The molecule has 1 heterocycles. The average molecular weight is 248 g/mol. The Kier molecular flexibility index (Phi) is 4.33. The van der Waals surface area contributed by atoms with Gasteiger partial charge in [0.05, 0.1) is 0 Å². The van der Waals surface area contributed by atoms with E-state index in [1.165, 1.54) is 0 Å². The van der Waals surface area contributed by atoms with Gasteiger partial charge in [0.2, 0.25) is 0 Å². The van der Waals surface area contributed by atoms with E-state index in [2.05, 4.69) is 5.32 Å². The maximum absolute atomic E-state index is 12.2. The highest BCUT2D eigenvalue weighted by molar-refractivity contribution is 5.82. The number of carbonyl (C=O) groups excluding carboxylic acids is 1. The van der Waals surface area contributed by atoms with E-state index in [0.717, 1.165) is 26.1 Å². The number of aliphatic hydroxyl groups is 1. The Labute approximate surface area is 108 Å². The summed E-state index contributed by atoms with van der Waals surface area (Å²) in [6.07, 6.45) is -0.0202. The summed E-state index contributed by atoms with van der Waals surface area (Å²) in [5.74, 6) is 0.321. The summed E-state index contributed by atoms with van der Waals surface area (Å²) >= 11 is 0. The molecule has 1 aromatic carbocycles. The second-order valence-corrected chi connectivity index (χ2v) is 4.81. The topological polar surface area (TPSA) is 52.6 Å². The van der Waals surface area contributed by atoms with Crippen LogP contribution in [0.5, 0.6) is 0 Å². The number of hydrogen-bond donors (Lipinski definition) is 2. The Balaban J connectivity index is 1.96. The number of nitrogens with one attached hydrogen (secondary N) is 1. The van der Waals surface area contributed by atoms with Gasteiger partial charge in [-0.3, -0.25) is 4.79 Å². The lowest BCUT2D eigenvalue weighted by Gasteiger charge is -2.20. The van der Waals surface area contributed by atoms with Crippen LogP contribution in [0.4, 0.5) is 0 Å². The Morgan fingerprint density at radius 1 is 1.50 bits per heavy atom. The molecule has 0 aliphatic carbocycles. The summed E-state index contributed by atoms with van der Waals surface area (Å²) in [5.41, 5.74) is 0.666. The quantitative estimate of drug-likeness (QED) is 0.828. The van der Waals surface area contributed by atoms with Gasteiger partial charge in [-0.15, -0.1) is 0 Å². The van der Waals surface area contributed by atoms with Crippen molar-refractivity contribution in [2.24, 2.45) is 5.92 Å². The molecule has 98 valence electrons. The van der Waals surface area contributed by atoms with Crippen molar-refractivity contribution in [1.29, 1.82) is 0 Å². The van der Waals surface area contributed by atoms with Crippen molar-refractivity contribution in [2.45, 2.75) is 12.5 Å². The summed E-state index contributed by atoms with van der Waals surface area (Å²) in [5, 5.41) is 13.2. The fourth-order valence-corrected chi connectivity index (χ4v) is 2.44. The highest BCUT2D eigenvalue weighted by Crippen LogP contribution is 2.21. The van der Waals surface area contributed by atoms with Crippen LogP contribution in [0.3, 0.4) is 0 Å². The van der Waals surface area contributed by atoms with Crippen LogP contribution in [0.1, 0.15) is 18.1 Å². The van der Waals surface area contributed by atoms with E-state index in [9.17, 15) is 9.90 Å². The van der Waals surface area contributed by atoms with Crippen molar-refractivity contribution in [2.75, 3.05) is 26.7 Å². The molecule has 2 N–H and O–H groups in total. The first-order valence-electron chi connectivity index (χ1n) is 6.38. The third kappa shape index (κ3) is 2.89.